The number of hydrogen-bond acceptors (Lipinski definition) is 0. The predicted octanol–water partition coefficient (Wildman–Crippen LogP) is 13.7. The third-order valence-corrected chi connectivity index (χ3v) is 14.0. The molecule has 5 saturated carbocycles. The summed E-state index contributed by atoms with van der Waals surface area (Å²) in [4.78, 5) is 0. The molecule has 5 aliphatic carbocycles. The maximum Gasteiger partial charge on any atom is -0.0380 e. The van der Waals surface area contributed by atoms with E-state index in [0.717, 1.165) is 53.3 Å². The maximum absolute atomic E-state index is 2.69. The standard InChI is InChI=1S/C41H74/c1-33-29-37(34-19-11-5-2-6-12-20-34)25-17-26-38(30-33)40-28-18-27-39(35-21-13-7-3-8-14-22-35)31-41(32-40)36-23-15-9-4-10-16-24-36/h33-41H,2-32H2,1H3. The second-order valence-electron chi connectivity index (χ2n) is 17.0. The van der Waals surface area contributed by atoms with Gasteiger partial charge in [-0.05, 0) is 78.9 Å². The third-order valence-electron chi connectivity index (χ3n) is 14.0. The second kappa shape index (κ2) is 18.1. The molecule has 0 amide bonds. The van der Waals surface area contributed by atoms with Crippen LogP contribution in [0.25, 0.3) is 0 Å². The molecule has 0 spiro atoms. The molecular weight excluding hydrogens is 492 g/mol. The summed E-state index contributed by atoms with van der Waals surface area (Å²) in [7, 11) is 0. The van der Waals surface area contributed by atoms with E-state index in [2.05, 4.69) is 6.92 Å². The largest absolute Gasteiger partial charge is 0.0625 e. The minimum atomic E-state index is 0.976. The highest BCUT2D eigenvalue weighted by Crippen LogP contribution is 2.48. The van der Waals surface area contributed by atoms with Crippen molar-refractivity contribution in [3.05, 3.63) is 0 Å². The zero-order valence-electron chi connectivity index (χ0n) is 28.1. The first-order chi connectivity index (χ1) is 20.3. The van der Waals surface area contributed by atoms with Gasteiger partial charge in [0.15, 0.2) is 0 Å². The average molecular weight is 567 g/mol. The van der Waals surface area contributed by atoms with Crippen LogP contribution in [0.4, 0.5) is 0 Å². The van der Waals surface area contributed by atoms with Gasteiger partial charge in [0.1, 0.15) is 0 Å². The van der Waals surface area contributed by atoms with Gasteiger partial charge in [0.2, 0.25) is 0 Å². The van der Waals surface area contributed by atoms with Crippen molar-refractivity contribution >= 4 is 0 Å². The van der Waals surface area contributed by atoms with Crippen LogP contribution in [0.2, 0.25) is 0 Å². The summed E-state index contributed by atoms with van der Waals surface area (Å²) in [5.74, 6) is 9.52. The lowest BCUT2D eigenvalue weighted by molar-refractivity contribution is 0.0853. The van der Waals surface area contributed by atoms with Crippen molar-refractivity contribution in [3.8, 4) is 0 Å². The fourth-order valence-corrected chi connectivity index (χ4v) is 11.7. The number of hydrogen-bond donors (Lipinski definition) is 0. The third kappa shape index (κ3) is 10.5. The molecule has 5 fully saturated rings. The number of rotatable bonds is 4. The average Bonchev–Trinajstić information content (AvgIpc) is 2.87. The predicted molar refractivity (Wildman–Crippen MR) is 180 cm³/mol. The van der Waals surface area contributed by atoms with Crippen LogP contribution in [0.15, 0.2) is 0 Å². The topological polar surface area (TPSA) is 0 Å². The Hall–Kier alpha value is 0. The van der Waals surface area contributed by atoms with Crippen molar-refractivity contribution in [1.82, 2.24) is 0 Å². The van der Waals surface area contributed by atoms with E-state index in [1.165, 1.54) is 70.6 Å². The van der Waals surface area contributed by atoms with Gasteiger partial charge in [0, 0.05) is 0 Å². The Balaban J connectivity index is 1.23. The highest BCUT2D eigenvalue weighted by atomic mass is 14.4. The fraction of sp³-hybridized carbons (Fsp3) is 1.00. The van der Waals surface area contributed by atoms with Crippen molar-refractivity contribution in [2.75, 3.05) is 0 Å². The molecule has 6 atom stereocenters. The second-order valence-corrected chi connectivity index (χ2v) is 17.0. The fourth-order valence-electron chi connectivity index (χ4n) is 11.7. The lowest BCUT2D eigenvalue weighted by atomic mass is 9.63. The first-order valence-electron chi connectivity index (χ1n) is 20.3. The Labute approximate surface area is 258 Å². The minimum absolute atomic E-state index is 0.976. The summed E-state index contributed by atoms with van der Waals surface area (Å²) >= 11 is 0. The molecule has 238 valence electrons. The summed E-state index contributed by atoms with van der Waals surface area (Å²) in [5.41, 5.74) is 0. The molecule has 0 heteroatoms. The molecule has 0 bridgehead atoms. The Morgan fingerprint density at radius 3 is 0.854 bits per heavy atom. The quantitative estimate of drug-likeness (QED) is 0.317. The molecule has 5 rings (SSSR count). The van der Waals surface area contributed by atoms with Crippen molar-refractivity contribution in [2.45, 2.75) is 206 Å². The van der Waals surface area contributed by atoms with Crippen LogP contribution >= 0.6 is 0 Å². The van der Waals surface area contributed by atoms with E-state index in [1.54, 1.807) is 128 Å². The van der Waals surface area contributed by atoms with E-state index < -0.39 is 0 Å². The van der Waals surface area contributed by atoms with Crippen molar-refractivity contribution in [2.24, 2.45) is 53.3 Å². The van der Waals surface area contributed by atoms with Crippen molar-refractivity contribution in [3.63, 3.8) is 0 Å². The molecule has 0 aromatic heterocycles. The monoisotopic (exact) mass is 567 g/mol. The van der Waals surface area contributed by atoms with E-state index in [0.29, 0.717) is 0 Å². The van der Waals surface area contributed by atoms with Crippen molar-refractivity contribution in [1.29, 1.82) is 0 Å². The van der Waals surface area contributed by atoms with Crippen LogP contribution in [0.5, 0.6) is 0 Å². The van der Waals surface area contributed by atoms with Gasteiger partial charge < -0.3 is 0 Å². The Morgan fingerprint density at radius 2 is 0.463 bits per heavy atom. The van der Waals surface area contributed by atoms with Crippen LogP contribution in [-0.4, -0.2) is 0 Å². The zero-order valence-corrected chi connectivity index (χ0v) is 28.1. The van der Waals surface area contributed by atoms with Gasteiger partial charge in [-0.15, -0.1) is 0 Å². The van der Waals surface area contributed by atoms with Gasteiger partial charge >= 0.3 is 0 Å². The molecule has 5 aliphatic rings. The zero-order chi connectivity index (χ0) is 28.1. The summed E-state index contributed by atoms with van der Waals surface area (Å²) < 4.78 is 0. The lowest BCUT2D eigenvalue weighted by Gasteiger charge is -2.42. The van der Waals surface area contributed by atoms with Crippen LogP contribution in [-0.2, 0) is 0 Å². The van der Waals surface area contributed by atoms with Crippen LogP contribution < -0.4 is 0 Å². The molecular formula is C41H74. The van der Waals surface area contributed by atoms with Gasteiger partial charge in [-0.3, -0.25) is 0 Å². The van der Waals surface area contributed by atoms with Gasteiger partial charge in [0.25, 0.3) is 0 Å². The summed E-state index contributed by atoms with van der Waals surface area (Å²) in [5, 5.41) is 0. The molecule has 0 aromatic rings. The molecule has 0 nitrogen and oxygen atoms in total. The van der Waals surface area contributed by atoms with Crippen LogP contribution in [0.3, 0.4) is 0 Å². The van der Waals surface area contributed by atoms with Crippen molar-refractivity contribution < 1.29 is 0 Å². The maximum atomic E-state index is 2.69. The molecule has 0 N–H and O–H groups in total. The first-order valence-corrected chi connectivity index (χ1v) is 20.3. The lowest BCUT2D eigenvalue weighted by Crippen LogP contribution is -2.31. The van der Waals surface area contributed by atoms with Gasteiger partial charge in [0.05, 0.1) is 0 Å². The SMILES string of the molecule is CC1CC(C2CCCCCCC2)CCCC(C2CCCC(C3CCCCCCC3)CC(C3CCCCCCC3)C2)C1. The van der Waals surface area contributed by atoms with Gasteiger partial charge in [-0.1, -0.05) is 180 Å². The summed E-state index contributed by atoms with van der Waals surface area (Å²) in [6.07, 6.45) is 48.3. The molecule has 41 heavy (non-hydrogen) atoms. The van der Waals surface area contributed by atoms with E-state index in [9.17, 15) is 0 Å². The molecule has 6 unspecified atom stereocenters. The van der Waals surface area contributed by atoms with E-state index >= 15 is 0 Å². The highest BCUT2D eigenvalue weighted by molar-refractivity contribution is 4.87. The van der Waals surface area contributed by atoms with E-state index in [4.69, 9.17) is 0 Å². The van der Waals surface area contributed by atoms with Gasteiger partial charge in [-0.2, -0.15) is 0 Å². The van der Waals surface area contributed by atoms with E-state index in [1.807, 2.05) is 0 Å². The van der Waals surface area contributed by atoms with Crippen LogP contribution in [0, 0.1) is 53.3 Å². The normalized spacial score (nSPS) is 38.0. The first kappa shape index (κ1) is 32.4. The van der Waals surface area contributed by atoms with Gasteiger partial charge in [-0.25, -0.2) is 0 Å². The Morgan fingerprint density at radius 1 is 0.220 bits per heavy atom. The molecule has 0 heterocycles. The summed E-state index contributed by atoms with van der Waals surface area (Å²) in [6.45, 7) is 2.69. The molecule has 0 aliphatic heterocycles. The Bertz CT molecular complexity index is 656. The Kier molecular flexibility index (Phi) is 14.3. The molecule has 0 saturated heterocycles. The van der Waals surface area contributed by atoms with Crippen LogP contribution in [0.1, 0.15) is 206 Å². The van der Waals surface area contributed by atoms with E-state index in [-0.39, 0.29) is 0 Å². The highest BCUT2D eigenvalue weighted by Gasteiger charge is 2.36. The minimum Gasteiger partial charge on any atom is -0.0625 e. The molecule has 0 aromatic carbocycles. The molecule has 0 radical (unpaired) electrons. The summed E-state index contributed by atoms with van der Waals surface area (Å²) in [6, 6.07) is 0. The smallest absolute Gasteiger partial charge is 0.0380 e.